The van der Waals surface area contributed by atoms with Gasteiger partial charge in [-0.25, -0.2) is 4.39 Å². The van der Waals surface area contributed by atoms with Crippen molar-refractivity contribution in [1.82, 2.24) is 0 Å². The van der Waals surface area contributed by atoms with Crippen molar-refractivity contribution < 1.29 is 9.18 Å². The summed E-state index contributed by atoms with van der Waals surface area (Å²) in [6.45, 7) is 4.20. The number of hydrogen-bond donors (Lipinski definition) is 1. The Morgan fingerprint density at radius 3 is 2.50 bits per heavy atom. The number of benzene rings is 1. The Labute approximate surface area is 112 Å². The van der Waals surface area contributed by atoms with Crippen LogP contribution in [0.4, 0.5) is 4.39 Å². The largest absolute Gasteiger partial charge is 0.329 e. The first kappa shape index (κ1) is 15.1. The summed E-state index contributed by atoms with van der Waals surface area (Å²) < 4.78 is 13.3. The van der Waals surface area contributed by atoms with E-state index in [1.165, 1.54) is 6.07 Å². The number of halogens is 2. The van der Waals surface area contributed by atoms with E-state index in [0.717, 1.165) is 0 Å². The van der Waals surface area contributed by atoms with E-state index < -0.39 is 11.2 Å². The molecular formula is C14H19ClFNO. The normalized spacial score (nSPS) is 11.6. The topological polar surface area (TPSA) is 43.1 Å². The van der Waals surface area contributed by atoms with Gasteiger partial charge in [0.15, 0.2) is 0 Å². The summed E-state index contributed by atoms with van der Waals surface area (Å²) in [5, 5.41) is 0.0315. The first-order chi connectivity index (χ1) is 8.50. The fourth-order valence-corrected chi connectivity index (χ4v) is 2.29. The summed E-state index contributed by atoms with van der Waals surface area (Å²) in [7, 11) is 0. The molecule has 0 aromatic heterocycles. The summed E-state index contributed by atoms with van der Waals surface area (Å²) in [6, 6.07) is 4.52. The zero-order valence-corrected chi connectivity index (χ0v) is 11.6. The number of nitrogens with two attached hydrogens (primary N) is 1. The number of carbonyl (C=O) groups is 1. The molecule has 0 saturated carbocycles. The van der Waals surface area contributed by atoms with Gasteiger partial charge in [-0.15, -0.1) is 0 Å². The lowest BCUT2D eigenvalue weighted by molar-refractivity contribution is -0.128. The Kier molecular flexibility index (Phi) is 5.29. The van der Waals surface area contributed by atoms with Crippen molar-refractivity contribution in [2.24, 2.45) is 11.1 Å². The van der Waals surface area contributed by atoms with Crippen molar-refractivity contribution in [2.75, 3.05) is 6.54 Å². The molecular weight excluding hydrogens is 253 g/mol. The van der Waals surface area contributed by atoms with Crippen LogP contribution in [-0.4, -0.2) is 12.3 Å². The van der Waals surface area contributed by atoms with Crippen LogP contribution < -0.4 is 5.73 Å². The maximum Gasteiger partial charge on any atom is 0.144 e. The molecule has 4 heteroatoms. The molecule has 0 radical (unpaired) electrons. The van der Waals surface area contributed by atoms with Gasteiger partial charge in [-0.05, 0) is 24.5 Å². The molecule has 0 aliphatic carbocycles. The molecule has 0 saturated heterocycles. The number of rotatable bonds is 6. The van der Waals surface area contributed by atoms with Gasteiger partial charge < -0.3 is 5.73 Å². The number of ketones is 1. The fourth-order valence-electron chi connectivity index (χ4n) is 2.09. The Bertz CT molecular complexity index is 422. The van der Waals surface area contributed by atoms with Crippen molar-refractivity contribution in [3.8, 4) is 0 Å². The number of Topliss-reactive ketones (excluding diaryl/α,β-unsaturated/α-hetero) is 1. The van der Waals surface area contributed by atoms with E-state index in [9.17, 15) is 9.18 Å². The molecule has 0 aliphatic rings. The van der Waals surface area contributed by atoms with Gasteiger partial charge in [0.25, 0.3) is 0 Å². The van der Waals surface area contributed by atoms with Crippen molar-refractivity contribution in [3.63, 3.8) is 0 Å². The van der Waals surface area contributed by atoms with Gasteiger partial charge in [0.05, 0.1) is 5.02 Å². The van der Waals surface area contributed by atoms with Crippen molar-refractivity contribution in [3.05, 3.63) is 34.6 Å². The summed E-state index contributed by atoms with van der Waals surface area (Å²) in [6.07, 6.45) is 1.51. The third kappa shape index (κ3) is 2.90. The third-order valence-electron chi connectivity index (χ3n) is 3.72. The number of hydrogen-bond acceptors (Lipinski definition) is 2. The van der Waals surface area contributed by atoms with Gasteiger partial charge in [0.2, 0.25) is 0 Å². The summed E-state index contributed by atoms with van der Waals surface area (Å²) in [4.78, 5) is 12.3. The Morgan fingerprint density at radius 1 is 1.39 bits per heavy atom. The van der Waals surface area contributed by atoms with Crippen molar-refractivity contribution in [2.45, 2.75) is 33.1 Å². The predicted molar refractivity (Wildman–Crippen MR) is 72.2 cm³/mol. The minimum Gasteiger partial charge on any atom is -0.329 e. The molecule has 100 valence electrons. The fraction of sp³-hybridized carbons (Fsp3) is 0.500. The monoisotopic (exact) mass is 271 g/mol. The van der Waals surface area contributed by atoms with E-state index in [4.69, 9.17) is 17.3 Å². The lowest BCUT2D eigenvalue weighted by atomic mass is 9.76. The molecule has 2 nitrogen and oxygen atoms in total. The van der Waals surface area contributed by atoms with Crippen LogP contribution in [0.15, 0.2) is 18.2 Å². The molecule has 0 bridgehead atoms. The molecule has 1 aromatic carbocycles. The standard InChI is InChI=1S/C14H19ClFNO/c1-3-14(4-2,9-17)12(18)8-10-6-5-7-11(16)13(10)15/h5-7H,3-4,8-9,17H2,1-2H3. The molecule has 0 aliphatic heterocycles. The maximum atomic E-state index is 13.3. The van der Waals surface area contributed by atoms with Gasteiger partial charge in [-0.1, -0.05) is 37.6 Å². The van der Waals surface area contributed by atoms with Crippen LogP contribution in [0.3, 0.4) is 0 Å². The van der Waals surface area contributed by atoms with Crippen molar-refractivity contribution in [1.29, 1.82) is 0 Å². The molecule has 1 rings (SSSR count). The number of carbonyl (C=O) groups excluding carboxylic acids is 1. The van der Waals surface area contributed by atoms with Crippen LogP contribution in [0.5, 0.6) is 0 Å². The molecule has 0 unspecified atom stereocenters. The highest BCUT2D eigenvalue weighted by atomic mass is 35.5. The Morgan fingerprint density at radius 2 is 2.00 bits per heavy atom. The Balaban J connectivity index is 2.97. The summed E-state index contributed by atoms with van der Waals surface area (Å²) in [5.41, 5.74) is 5.73. The SMILES string of the molecule is CCC(CC)(CN)C(=O)Cc1cccc(F)c1Cl. The Hall–Kier alpha value is -0.930. The molecule has 0 atom stereocenters. The van der Waals surface area contributed by atoms with Gasteiger partial charge in [-0.2, -0.15) is 0 Å². The minimum absolute atomic E-state index is 0.0301. The molecule has 0 amide bonds. The van der Waals surface area contributed by atoms with E-state index in [2.05, 4.69) is 0 Å². The van der Waals surface area contributed by atoms with Crippen LogP contribution >= 0.6 is 11.6 Å². The van der Waals surface area contributed by atoms with E-state index in [0.29, 0.717) is 24.9 Å². The summed E-state index contributed by atoms with van der Waals surface area (Å²) >= 11 is 5.86. The van der Waals surface area contributed by atoms with Crippen LogP contribution in [0, 0.1) is 11.2 Å². The van der Waals surface area contributed by atoms with E-state index in [1.54, 1.807) is 12.1 Å². The molecule has 0 heterocycles. The molecule has 0 spiro atoms. The average Bonchev–Trinajstić information content (AvgIpc) is 2.38. The van der Waals surface area contributed by atoms with Gasteiger partial charge in [-0.3, -0.25) is 4.79 Å². The van der Waals surface area contributed by atoms with E-state index in [1.807, 2.05) is 13.8 Å². The lowest BCUT2D eigenvalue weighted by Gasteiger charge is -2.28. The first-order valence-electron chi connectivity index (χ1n) is 6.17. The highest BCUT2D eigenvalue weighted by Gasteiger charge is 2.33. The quantitative estimate of drug-likeness (QED) is 0.862. The first-order valence-corrected chi connectivity index (χ1v) is 6.54. The third-order valence-corrected chi connectivity index (χ3v) is 4.14. The second-order valence-electron chi connectivity index (χ2n) is 4.50. The zero-order valence-electron chi connectivity index (χ0n) is 10.8. The second-order valence-corrected chi connectivity index (χ2v) is 4.88. The molecule has 18 heavy (non-hydrogen) atoms. The molecule has 1 aromatic rings. The highest BCUT2D eigenvalue weighted by Crippen LogP contribution is 2.29. The lowest BCUT2D eigenvalue weighted by Crippen LogP contribution is -2.38. The van der Waals surface area contributed by atoms with Crippen LogP contribution in [0.1, 0.15) is 32.3 Å². The smallest absolute Gasteiger partial charge is 0.144 e. The van der Waals surface area contributed by atoms with Crippen LogP contribution in [0.25, 0.3) is 0 Å². The highest BCUT2D eigenvalue weighted by molar-refractivity contribution is 6.31. The van der Waals surface area contributed by atoms with Gasteiger partial charge in [0, 0.05) is 18.4 Å². The second kappa shape index (κ2) is 6.30. The molecule has 2 N–H and O–H groups in total. The van der Waals surface area contributed by atoms with Gasteiger partial charge in [0.1, 0.15) is 11.6 Å². The minimum atomic E-state index is -0.518. The van der Waals surface area contributed by atoms with Crippen LogP contribution in [0.2, 0.25) is 5.02 Å². The van der Waals surface area contributed by atoms with Gasteiger partial charge >= 0.3 is 0 Å². The zero-order chi connectivity index (χ0) is 13.8. The van der Waals surface area contributed by atoms with E-state index in [-0.39, 0.29) is 17.2 Å². The average molecular weight is 272 g/mol. The molecule has 0 fully saturated rings. The van der Waals surface area contributed by atoms with Crippen molar-refractivity contribution >= 4 is 17.4 Å². The van der Waals surface area contributed by atoms with E-state index >= 15 is 0 Å². The summed E-state index contributed by atoms with van der Waals surface area (Å²) in [5.74, 6) is -0.462. The van der Waals surface area contributed by atoms with Crippen LogP contribution in [-0.2, 0) is 11.2 Å². The predicted octanol–water partition coefficient (Wildman–Crippen LogP) is 3.36. The maximum absolute atomic E-state index is 13.3.